The quantitative estimate of drug-likeness (QED) is 0.506. The summed E-state index contributed by atoms with van der Waals surface area (Å²) < 4.78 is 52.1. The summed E-state index contributed by atoms with van der Waals surface area (Å²) in [7, 11) is 0. The van der Waals surface area contributed by atoms with E-state index < -0.39 is 23.0 Å². The fourth-order valence-electron chi connectivity index (χ4n) is 2.79. The lowest BCUT2D eigenvalue weighted by atomic mass is 9.93. The average Bonchev–Trinajstić information content (AvgIpc) is 3.20. The first kappa shape index (κ1) is 16.1. The fourth-order valence-corrected chi connectivity index (χ4v) is 2.79. The number of nitrogens with two attached hydrogens (primary N) is 1. The minimum Gasteiger partial charge on any atom is -0.370 e. The van der Waals surface area contributed by atoms with Crippen molar-refractivity contribution in [2.24, 2.45) is 10.7 Å². The second-order valence-corrected chi connectivity index (χ2v) is 6.48. The fraction of sp³-hybridized carbons (Fsp3) is 0.562. The number of hydrogen-bond donors (Lipinski definition) is 2. The van der Waals surface area contributed by atoms with Crippen LogP contribution < -0.4 is 11.1 Å². The van der Waals surface area contributed by atoms with Crippen molar-refractivity contribution in [3.63, 3.8) is 0 Å². The van der Waals surface area contributed by atoms with Crippen LogP contribution in [0, 0.1) is 5.82 Å². The van der Waals surface area contributed by atoms with Crippen molar-refractivity contribution >= 4 is 5.96 Å². The van der Waals surface area contributed by atoms with Gasteiger partial charge in [-0.3, -0.25) is 4.99 Å². The summed E-state index contributed by atoms with van der Waals surface area (Å²) in [6.45, 7) is 0.277. The Labute approximate surface area is 132 Å². The van der Waals surface area contributed by atoms with E-state index in [2.05, 4.69) is 10.3 Å². The van der Waals surface area contributed by atoms with Crippen LogP contribution in [0.5, 0.6) is 0 Å². The monoisotopic (exact) mass is 329 g/mol. The maximum Gasteiger partial charge on any atom is 0.416 e. The van der Waals surface area contributed by atoms with Crippen LogP contribution in [0.15, 0.2) is 23.2 Å². The van der Waals surface area contributed by atoms with Crippen LogP contribution in [-0.2, 0) is 11.6 Å². The van der Waals surface area contributed by atoms with E-state index in [0.717, 1.165) is 18.9 Å². The van der Waals surface area contributed by atoms with Gasteiger partial charge in [-0.05, 0) is 55.9 Å². The number of rotatable bonds is 4. The molecule has 23 heavy (non-hydrogen) atoms. The molecule has 2 fully saturated rings. The Morgan fingerprint density at radius 1 is 1.26 bits per heavy atom. The Morgan fingerprint density at radius 2 is 1.96 bits per heavy atom. The molecule has 2 saturated carbocycles. The standard InChI is InChI=1S/C16H19F4N3/c17-12-7-10(6-11(8-12)16(18,19)20)15(4-5-15)9-22-14(21)23-13-2-1-3-13/h6-8,13H,1-5,9H2,(H3,21,22,23). The molecule has 3 rings (SSSR count). The SMILES string of the molecule is NC(=NCC1(c2cc(F)cc(C(F)(F)F)c2)CC1)NC1CCC1. The van der Waals surface area contributed by atoms with E-state index in [1.165, 1.54) is 12.5 Å². The number of hydrogen-bond acceptors (Lipinski definition) is 1. The molecule has 0 spiro atoms. The van der Waals surface area contributed by atoms with Crippen LogP contribution in [0.3, 0.4) is 0 Å². The summed E-state index contributed by atoms with van der Waals surface area (Å²) in [5.41, 5.74) is 4.69. The molecule has 0 aliphatic heterocycles. The highest BCUT2D eigenvalue weighted by atomic mass is 19.4. The number of halogens is 4. The molecule has 2 aliphatic carbocycles. The highest BCUT2D eigenvalue weighted by molar-refractivity contribution is 5.78. The largest absolute Gasteiger partial charge is 0.416 e. The van der Waals surface area contributed by atoms with Crippen molar-refractivity contribution in [3.8, 4) is 0 Å². The van der Waals surface area contributed by atoms with Crippen molar-refractivity contribution in [1.82, 2.24) is 5.32 Å². The van der Waals surface area contributed by atoms with E-state index in [1.807, 2.05) is 0 Å². The van der Waals surface area contributed by atoms with Crippen LogP contribution in [0.25, 0.3) is 0 Å². The zero-order valence-corrected chi connectivity index (χ0v) is 12.6. The predicted molar refractivity (Wildman–Crippen MR) is 79.6 cm³/mol. The zero-order chi connectivity index (χ0) is 16.7. The topological polar surface area (TPSA) is 50.4 Å². The molecule has 126 valence electrons. The molecule has 0 aromatic heterocycles. The van der Waals surface area contributed by atoms with Gasteiger partial charge in [0.05, 0.1) is 12.1 Å². The summed E-state index contributed by atoms with van der Waals surface area (Å²) in [6.07, 6.45) is 0.0989. The average molecular weight is 329 g/mol. The Morgan fingerprint density at radius 3 is 2.48 bits per heavy atom. The van der Waals surface area contributed by atoms with Gasteiger partial charge in [-0.2, -0.15) is 13.2 Å². The first-order valence-corrected chi connectivity index (χ1v) is 7.73. The van der Waals surface area contributed by atoms with E-state index in [4.69, 9.17) is 5.73 Å². The minimum atomic E-state index is -4.55. The second-order valence-electron chi connectivity index (χ2n) is 6.48. The van der Waals surface area contributed by atoms with Gasteiger partial charge in [-0.1, -0.05) is 0 Å². The highest BCUT2D eigenvalue weighted by Crippen LogP contribution is 2.49. The van der Waals surface area contributed by atoms with Gasteiger partial charge in [-0.15, -0.1) is 0 Å². The first-order valence-electron chi connectivity index (χ1n) is 7.73. The molecule has 0 atom stereocenters. The van der Waals surface area contributed by atoms with Gasteiger partial charge < -0.3 is 11.1 Å². The predicted octanol–water partition coefficient (Wildman–Crippen LogP) is 3.33. The third kappa shape index (κ3) is 3.59. The number of nitrogens with zero attached hydrogens (tertiary/aromatic N) is 1. The summed E-state index contributed by atoms with van der Waals surface area (Å²) in [5, 5.41) is 3.09. The van der Waals surface area contributed by atoms with Gasteiger partial charge in [-0.25, -0.2) is 4.39 Å². The molecule has 2 aliphatic rings. The van der Waals surface area contributed by atoms with Crippen LogP contribution in [0.1, 0.15) is 43.2 Å². The molecule has 0 saturated heterocycles. The van der Waals surface area contributed by atoms with Gasteiger partial charge in [0.15, 0.2) is 5.96 Å². The van der Waals surface area contributed by atoms with Gasteiger partial charge >= 0.3 is 6.18 Å². The molecule has 3 nitrogen and oxygen atoms in total. The molecule has 0 radical (unpaired) electrons. The maximum absolute atomic E-state index is 13.6. The van der Waals surface area contributed by atoms with Crippen molar-refractivity contribution in [1.29, 1.82) is 0 Å². The molecular formula is C16H19F4N3. The van der Waals surface area contributed by atoms with Crippen LogP contribution in [-0.4, -0.2) is 18.5 Å². The Kier molecular flexibility index (Phi) is 3.98. The molecule has 0 amide bonds. The Balaban J connectivity index is 1.75. The number of alkyl halides is 3. The van der Waals surface area contributed by atoms with Crippen molar-refractivity contribution in [2.45, 2.75) is 49.7 Å². The second kappa shape index (κ2) is 5.69. The van der Waals surface area contributed by atoms with E-state index in [0.29, 0.717) is 36.5 Å². The molecule has 0 heterocycles. The van der Waals surface area contributed by atoms with Crippen molar-refractivity contribution in [3.05, 3.63) is 35.1 Å². The van der Waals surface area contributed by atoms with Gasteiger partial charge in [0, 0.05) is 11.5 Å². The summed E-state index contributed by atoms with van der Waals surface area (Å²) in [6, 6.07) is 3.07. The van der Waals surface area contributed by atoms with Crippen molar-refractivity contribution in [2.75, 3.05) is 6.54 Å². The van der Waals surface area contributed by atoms with Crippen LogP contribution in [0.4, 0.5) is 17.6 Å². The Bertz CT molecular complexity index is 616. The van der Waals surface area contributed by atoms with Gasteiger partial charge in [0.25, 0.3) is 0 Å². The van der Waals surface area contributed by atoms with E-state index in [-0.39, 0.29) is 6.54 Å². The maximum atomic E-state index is 13.6. The van der Waals surface area contributed by atoms with Gasteiger partial charge in [0.2, 0.25) is 0 Å². The molecule has 0 unspecified atom stereocenters. The lowest BCUT2D eigenvalue weighted by Gasteiger charge is -2.27. The summed E-state index contributed by atoms with van der Waals surface area (Å²) in [5.74, 6) is -0.556. The summed E-state index contributed by atoms with van der Waals surface area (Å²) >= 11 is 0. The molecule has 0 bridgehead atoms. The number of benzene rings is 1. The van der Waals surface area contributed by atoms with E-state index >= 15 is 0 Å². The van der Waals surface area contributed by atoms with Gasteiger partial charge in [0.1, 0.15) is 5.82 Å². The lowest BCUT2D eigenvalue weighted by molar-refractivity contribution is -0.137. The third-order valence-electron chi connectivity index (χ3n) is 4.70. The van der Waals surface area contributed by atoms with E-state index in [1.54, 1.807) is 0 Å². The molecule has 1 aromatic carbocycles. The highest BCUT2D eigenvalue weighted by Gasteiger charge is 2.45. The first-order chi connectivity index (χ1) is 10.8. The number of aliphatic imine (C=N–C) groups is 1. The van der Waals surface area contributed by atoms with Crippen LogP contribution in [0.2, 0.25) is 0 Å². The molecule has 1 aromatic rings. The number of nitrogens with one attached hydrogen (secondary N) is 1. The molecular weight excluding hydrogens is 310 g/mol. The van der Waals surface area contributed by atoms with E-state index in [9.17, 15) is 17.6 Å². The van der Waals surface area contributed by atoms with Crippen LogP contribution >= 0.6 is 0 Å². The smallest absolute Gasteiger partial charge is 0.370 e. The molecule has 7 heteroatoms. The summed E-state index contributed by atoms with van der Waals surface area (Å²) in [4.78, 5) is 4.26. The Hall–Kier alpha value is -1.79. The molecule has 3 N–H and O–H groups in total. The minimum absolute atomic E-state index is 0.277. The zero-order valence-electron chi connectivity index (χ0n) is 12.6. The van der Waals surface area contributed by atoms with Crippen molar-refractivity contribution < 1.29 is 17.6 Å². The lowest BCUT2D eigenvalue weighted by Crippen LogP contribution is -2.44. The number of guanidine groups is 1. The normalized spacial score (nSPS) is 21.0. The third-order valence-corrected chi connectivity index (χ3v) is 4.70.